The number of aromatic nitrogens is 2. The van der Waals surface area contributed by atoms with E-state index in [1.54, 1.807) is 0 Å². The summed E-state index contributed by atoms with van der Waals surface area (Å²) in [5.74, 6) is 2.33. The highest BCUT2D eigenvalue weighted by atomic mass is 79.9. The average Bonchev–Trinajstić information content (AvgIpc) is 2.43. The van der Waals surface area contributed by atoms with E-state index in [4.69, 9.17) is 11.6 Å². The van der Waals surface area contributed by atoms with Crippen LogP contribution in [0.4, 0.5) is 17.3 Å². The average molecular weight is 356 g/mol. The van der Waals surface area contributed by atoms with Crippen LogP contribution in [0.2, 0.25) is 5.02 Å². The topological polar surface area (TPSA) is 49.8 Å². The Morgan fingerprint density at radius 3 is 2.60 bits per heavy atom. The van der Waals surface area contributed by atoms with Crippen molar-refractivity contribution in [1.29, 1.82) is 0 Å². The quantitative estimate of drug-likeness (QED) is 0.821. The molecule has 0 fully saturated rings. The van der Waals surface area contributed by atoms with Crippen molar-refractivity contribution in [3.05, 3.63) is 39.6 Å². The third kappa shape index (κ3) is 3.84. The number of hydrogen-bond donors (Lipinski definition) is 2. The third-order valence-corrected chi connectivity index (χ3v) is 3.46. The third-order valence-electron chi connectivity index (χ3n) is 2.64. The second kappa shape index (κ2) is 6.90. The molecular weight excluding hydrogens is 340 g/mol. The Hall–Kier alpha value is -1.33. The molecule has 1 aromatic carbocycles. The Morgan fingerprint density at radius 2 is 1.90 bits per heavy atom. The van der Waals surface area contributed by atoms with Gasteiger partial charge in [-0.05, 0) is 25.1 Å². The van der Waals surface area contributed by atoms with E-state index >= 15 is 0 Å². The number of halogens is 2. The van der Waals surface area contributed by atoms with Crippen LogP contribution >= 0.6 is 27.5 Å². The van der Waals surface area contributed by atoms with E-state index in [1.807, 2.05) is 38.1 Å². The summed E-state index contributed by atoms with van der Waals surface area (Å²) >= 11 is 9.61. The largest absolute Gasteiger partial charge is 0.370 e. The van der Waals surface area contributed by atoms with Gasteiger partial charge in [-0.2, -0.15) is 0 Å². The Bertz CT molecular complexity index is 604. The van der Waals surface area contributed by atoms with Crippen LogP contribution in [0.5, 0.6) is 0 Å². The van der Waals surface area contributed by atoms with Crippen molar-refractivity contribution < 1.29 is 0 Å². The minimum Gasteiger partial charge on any atom is -0.370 e. The van der Waals surface area contributed by atoms with Gasteiger partial charge in [0.05, 0.1) is 10.7 Å². The van der Waals surface area contributed by atoms with Crippen LogP contribution in [0, 0.1) is 0 Å². The van der Waals surface area contributed by atoms with Crippen LogP contribution in [-0.4, -0.2) is 16.5 Å². The van der Waals surface area contributed by atoms with E-state index in [2.05, 4.69) is 36.5 Å². The summed E-state index contributed by atoms with van der Waals surface area (Å²) in [4.78, 5) is 8.88. The fourth-order valence-electron chi connectivity index (χ4n) is 1.72. The highest BCUT2D eigenvalue weighted by Crippen LogP contribution is 2.28. The molecule has 0 radical (unpaired) electrons. The van der Waals surface area contributed by atoms with Gasteiger partial charge in [-0.3, -0.25) is 0 Å². The van der Waals surface area contributed by atoms with E-state index in [0.29, 0.717) is 5.02 Å². The van der Waals surface area contributed by atoms with Crippen molar-refractivity contribution >= 4 is 44.9 Å². The minimum absolute atomic E-state index is 0.648. The number of anilines is 3. The van der Waals surface area contributed by atoms with Crippen molar-refractivity contribution in [1.82, 2.24) is 9.97 Å². The molecule has 0 aliphatic rings. The number of hydrogen-bond acceptors (Lipinski definition) is 4. The maximum Gasteiger partial charge on any atom is 0.136 e. The lowest BCUT2D eigenvalue weighted by Gasteiger charge is -2.11. The molecule has 6 heteroatoms. The lowest BCUT2D eigenvalue weighted by Crippen LogP contribution is -2.05. The summed E-state index contributed by atoms with van der Waals surface area (Å²) < 4.78 is 0.959. The van der Waals surface area contributed by atoms with Crippen molar-refractivity contribution in [3.63, 3.8) is 0 Å². The molecule has 4 nitrogen and oxygen atoms in total. The van der Waals surface area contributed by atoms with Crippen LogP contribution in [0.15, 0.2) is 28.7 Å². The number of aryl methyl sites for hydroxylation is 1. The Labute approximate surface area is 132 Å². The predicted octanol–water partition coefficient (Wildman–Crippen LogP) is 4.63. The molecule has 0 aliphatic carbocycles. The van der Waals surface area contributed by atoms with Gasteiger partial charge < -0.3 is 10.6 Å². The highest BCUT2D eigenvalue weighted by Gasteiger charge is 2.06. The van der Waals surface area contributed by atoms with E-state index in [1.165, 1.54) is 0 Å². The lowest BCUT2D eigenvalue weighted by molar-refractivity contribution is 0.939. The van der Waals surface area contributed by atoms with Crippen LogP contribution in [0.25, 0.3) is 0 Å². The van der Waals surface area contributed by atoms with Gasteiger partial charge in [-0.1, -0.05) is 34.5 Å². The highest BCUT2D eigenvalue weighted by molar-refractivity contribution is 9.10. The molecule has 2 aromatic rings. The molecule has 0 saturated heterocycles. The van der Waals surface area contributed by atoms with Gasteiger partial charge in [0.1, 0.15) is 17.5 Å². The van der Waals surface area contributed by atoms with Crippen LogP contribution in [0.3, 0.4) is 0 Å². The molecule has 0 atom stereocenters. The first-order chi connectivity index (χ1) is 9.62. The van der Waals surface area contributed by atoms with Gasteiger partial charge in [-0.25, -0.2) is 9.97 Å². The zero-order valence-corrected chi connectivity index (χ0v) is 13.7. The van der Waals surface area contributed by atoms with E-state index in [-0.39, 0.29) is 0 Å². The van der Waals surface area contributed by atoms with Gasteiger partial charge in [-0.15, -0.1) is 0 Å². The van der Waals surface area contributed by atoms with E-state index < -0.39 is 0 Å². The number of nitrogens with zero attached hydrogens (tertiary/aromatic N) is 2. The molecule has 0 amide bonds. The second-order valence-electron chi connectivity index (χ2n) is 4.19. The molecule has 1 aromatic heterocycles. The molecule has 2 rings (SSSR count). The first-order valence-corrected chi connectivity index (χ1v) is 7.63. The van der Waals surface area contributed by atoms with Gasteiger partial charge in [0.2, 0.25) is 0 Å². The van der Waals surface area contributed by atoms with Gasteiger partial charge in [0.25, 0.3) is 0 Å². The Morgan fingerprint density at radius 1 is 1.15 bits per heavy atom. The van der Waals surface area contributed by atoms with Crippen molar-refractivity contribution in [3.8, 4) is 0 Å². The zero-order valence-electron chi connectivity index (χ0n) is 11.4. The maximum absolute atomic E-state index is 6.18. The number of benzene rings is 1. The van der Waals surface area contributed by atoms with Crippen LogP contribution in [0.1, 0.15) is 19.7 Å². The molecule has 1 heterocycles. The van der Waals surface area contributed by atoms with Crippen LogP contribution < -0.4 is 10.6 Å². The monoisotopic (exact) mass is 354 g/mol. The van der Waals surface area contributed by atoms with Crippen molar-refractivity contribution in [2.75, 3.05) is 17.2 Å². The molecule has 20 heavy (non-hydrogen) atoms. The summed E-state index contributed by atoms with van der Waals surface area (Å²) in [5.41, 5.74) is 0.809. The summed E-state index contributed by atoms with van der Waals surface area (Å²) in [6, 6.07) is 7.53. The van der Waals surface area contributed by atoms with E-state index in [0.717, 1.165) is 40.6 Å². The predicted molar refractivity (Wildman–Crippen MR) is 88.0 cm³/mol. The molecule has 0 aliphatic heterocycles. The number of rotatable bonds is 5. The van der Waals surface area contributed by atoms with Crippen LogP contribution in [-0.2, 0) is 6.42 Å². The van der Waals surface area contributed by atoms with E-state index in [9.17, 15) is 0 Å². The smallest absolute Gasteiger partial charge is 0.136 e. The van der Waals surface area contributed by atoms with Crippen molar-refractivity contribution in [2.24, 2.45) is 0 Å². The summed E-state index contributed by atoms with van der Waals surface area (Å²) in [7, 11) is 0. The molecule has 106 valence electrons. The first-order valence-electron chi connectivity index (χ1n) is 6.46. The fourth-order valence-corrected chi connectivity index (χ4v) is 2.25. The molecule has 0 saturated carbocycles. The second-order valence-corrected chi connectivity index (χ2v) is 5.51. The Balaban J connectivity index is 2.32. The maximum atomic E-state index is 6.18. The van der Waals surface area contributed by atoms with Gasteiger partial charge >= 0.3 is 0 Å². The SMILES string of the molecule is CCNc1cc(Nc2cc(Br)ccc2Cl)nc(CC)n1. The molecule has 0 spiro atoms. The zero-order chi connectivity index (χ0) is 14.5. The Kier molecular flexibility index (Phi) is 5.20. The summed E-state index contributed by atoms with van der Waals surface area (Å²) in [6.07, 6.45) is 0.778. The molecule has 0 unspecified atom stereocenters. The summed E-state index contributed by atoms with van der Waals surface area (Å²) in [6.45, 7) is 4.88. The van der Waals surface area contributed by atoms with Gasteiger partial charge in [0, 0.05) is 23.5 Å². The molecule has 2 N–H and O–H groups in total. The summed E-state index contributed by atoms with van der Waals surface area (Å²) in [5, 5.41) is 7.08. The normalized spacial score (nSPS) is 10.4. The number of nitrogens with one attached hydrogen (secondary N) is 2. The standard InChI is InChI=1S/C14H16BrClN4/c1-3-12-19-13(17-4-2)8-14(20-12)18-11-7-9(15)5-6-10(11)16/h5-8H,3-4H2,1-2H3,(H2,17,18,19,20). The fraction of sp³-hybridized carbons (Fsp3) is 0.286. The minimum atomic E-state index is 0.648. The van der Waals surface area contributed by atoms with Gasteiger partial charge in [0.15, 0.2) is 0 Å². The van der Waals surface area contributed by atoms with Crippen molar-refractivity contribution in [2.45, 2.75) is 20.3 Å². The molecule has 0 bridgehead atoms. The lowest BCUT2D eigenvalue weighted by atomic mass is 10.3. The molecular formula is C14H16BrClN4. The first kappa shape index (κ1) is 15.1.